The lowest BCUT2D eigenvalue weighted by Crippen LogP contribution is -1.94. The van der Waals surface area contributed by atoms with E-state index in [0.29, 0.717) is 0 Å². The molecule has 2 aliphatic rings. The fourth-order valence-electron chi connectivity index (χ4n) is 10.3. The first-order valence-electron chi connectivity index (χ1n) is 19.3. The van der Waals surface area contributed by atoms with Crippen LogP contribution in [0.4, 0.5) is 0 Å². The van der Waals surface area contributed by atoms with Gasteiger partial charge in [0.25, 0.3) is 0 Å². The van der Waals surface area contributed by atoms with Gasteiger partial charge in [-0.25, -0.2) is 0 Å². The molecule has 0 amide bonds. The molecule has 0 aliphatic heterocycles. The molecule has 0 saturated heterocycles. The van der Waals surface area contributed by atoms with Gasteiger partial charge < -0.3 is 0 Å². The number of fused-ring (bicyclic) bond motifs is 11. The maximum Gasteiger partial charge on any atom is 0.0787 e. The molecule has 2 aliphatic carbocycles. The molecule has 2 heteroatoms. The van der Waals surface area contributed by atoms with Crippen molar-refractivity contribution < 1.29 is 0 Å². The maximum atomic E-state index is 4.89. The summed E-state index contributed by atoms with van der Waals surface area (Å²) in [4.78, 5) is 9.60. The van der Waals surface area contributed by atoms with E-state index in [-0.39, 0.29) is 0 Å². The third kappa shape index (κ3) is 3.85. The Balaban J connectivity index is 1.15. The molecule has 0 N–H and O–H groups in total. The van der Waals surface area contributed by atoms with Crippen molar-refractivity contribution in [3.05, 3.63) is 182 Å². The molecule has 0 bridgehead atoms. The van der Waals surface area contributed by atoms with Crippen molar-refractivity contribution in [3.8, 4) is 78.0 Å². The normalized spacial score (nSPS) is 12.3. The molecule has 13 rings (SSSR count). The van der Waals surface area contributed by atoms with Crippen LogP contribution >= 0.6 is 0 Å². The number of hydrogen-bond acceptors (Lipinski definition) is 2. The first-order chi connectivity index (χ1) is 27.8. The highest BCUT2D eigenvalue weighted by atomic mass is 14.7. The highest BCUT2D eigenvalue weighted by Gasteiger charge is 2.32. The van der Waals surface area contributed by atoms with Gasteiger partial charge in [0.1, 0.15) is 0 Å². The second-order valence-corrected chi connectivity index (χ2v) is 15.2. The first-order valence-corrected chi connectivity index (χ1v) is 19.3. The number of nitrogens with zero attached hydrogens (tertiary/aromatic N) is 2. The van der Waals surface area contributed by atoms with Gasteiger partial charge in [0, 0.05) is 35.1 Å². The molecule has 0 spiro atoms. The lowest BCUT2D eigenvalue weighted by Gasteiger charge is -2.20. The van der Waals surface area contributed by atoms with E-state index < -0.39 is 0 Å². The minimum atomic E-state index is 1.08. The van der Waals surface area contributed by atoms with Crippen LogP contribution in [0.3, 0.4) is 0 Å². The first kappa shape index (κ1) is 30.0. The number of hydrogen-bond donors (Lipinski definition) is 0. The molecule has 56 heavy (non-hydrogen) atoms. The standard InChI is InChI=1S/C54H30N2/c1-3-12-31(13-4-1)48-39-25-27-55-30-47(39)49(32-14-5-2-6-15-32)52-41-21-10-18-36-35(23-24-42(51(36)41)53(48)52)43-28-45-38-20-9-19-37-40-22-11-26-56-54(40)46(50(37)38)29-44(45)34-17-8-7-16-33(34)43/h1-30H. The van der Waals surface area contributed by atoms with E-state index in [1.165, 1.54) is 126 Å². The Labute approximate surface area is 323 Å². The second kappa shape index (κ2) is 11.1. The van der Waals surface area contributed by atoms with Gasteiger partial charge in [-0.1, -0.05) is 140 Å². The molecule has 2 aromatic heterocycles. The molecule has 0 fully saturated rings. The second-order valence-electron chi connectivity index (χ2n) is 15.2. The van der Waals surface area contributed by atoms with Crippen LogP contribution in [0.2, 0.25) is 0 Å². The minimum Gasteiger partial charge on any atom is -0.264 e. The van der Waals surface area contributed by atoms with Crippen molar-refractivity contribution in [1.29, 1.82) is 0 Å². The number of aromatic nitrogens is 2. The average molecular weight is 707 g/mol. The molecule has 11 aromatic rings. The molecule has 256 valence electrons. The Morgan fingerprint density at radius 3 is 1.68 bits per heavy atom. The van der Waals surface area contributed by atoms with Crippen LogP contribution in [0, 0.1) is 0 Å². The predicted molar refractivity (Wildman–Crippen MR) is 235 cm³/mol. The molecular formula is C54H30N2. The Bertz CT molecular complexity index is 3420. The van der Waals surface area contributed by atoms with E-state index in [9.17, 15) is 0 Å². The number of benzene rings is 9. The predicted octanol–water partition coefficient (Wildman–Crippen LogP) is 14.5. The van der Waals surface area contributed by atoms with E-state index in [1.54, 1.807) is 0 Å². The lowest BCUT2D eigenvalue weighted by atomic mass is 9.83. The van der Waals surface area contributed by atoms with Crippen molar-refractivity contribution in [1.82, 2.24) is 9.97 Å². The van der Waals surface area contributed by atoms with Crippen molar-refractivity contribution in [2.45, 2.75) is 0 Å². The van der Waals surface area contributed by atoms with Gasteiger partial charge in [-0.05, 0) is 134 Å². The topological polar surface area (TPSA) is 25.8 Å². The molecule has 0 saturated carbocycles. The van der Waals surface area contributed by atoms with Crippen molar-refractivity contribution >= 4 is 53.9 Å². The highest BCUT2D eigenvalue weighted by Crippen LogP contribution is 2.59. The zero-order valence-electron chi connectivity index (χ0n) is 30.2. The third-order valence-corrected chi connectivity index (χ3v) is 12.5. The van der Waals surface area contributed by atoms with Crippen molar-refractivity contribution in [3.63, 3.8) is 0 Å². The SMILES string of the molecule is c1ccc(-c2c3c(c(-c4ccccc4)c4cnccc24)-c2cccc4c(-c5cc6c7cccc8c7c(cc6c6ccccc56)-c5ncccc5-8)ccc-3c24)cc1. The van der Waals surface area contributed by atoms with Crippen LogP contribution in [0.5, 0.6) is 0 Å². The Hall–Kier alpha value is -7.42. The summed E-state index contributed by atoms with van der Waals surface area (Å²) in [5, 5.41) is 12.6. The van der Waals surface area contributed by atoms with Crippen molar-refractivity contribution in [2.75, 3.05) is 0 Å². The lowest BCUT2D eigenvalue weighted by molar-refractivity contribution is 1.35. The van der Waals surface area contributed by atoms with Crippen LogP contribution in [0.15, 0.2) is 182 Å². The zero-order valence-corrected chi connectivity index (χ0v) is 30.2. The molecule has 9 aromatic carbocycles. The summed E-state index contributed by atoms with van der Waals surface area (Å²) in [6.45, 7) is 0. The van der Waals surface area contributed by atoms with E-state index in [2.05, 4.69) is 170 Å². The highest BCUT2D eigenvalue weighted by molar-refractivity contribution is 6.31. The summed E-state index contributed by atoms with van der Waals surface area (Å²) in [5.41, 5.74) is 17.4. The van der Waals surface area contributed by atoms with Gasteiger partial charge in [0.05, 0.1) is 5.69 Å². The van der Waals surface area contributed by atoms with Crippen LogP contribution in [-0.2, 0) is 0 Å². The Morgan fingerprint density at radius 1 is 0.286 bits per heavy atom. The van der Waals surface area contributed by atoms with Gasteiger partial charge in [-0.15, -0.1) is 0 Å². The quantitative estimate of drug-likeness (QED) is 0.171. The molecule has 0 unspecified atom stereocenters. The summed E-state index contributed by atoms with van der Waals surface area (Å²) in [6.07, 6.45) is 5.92. The van der Waals surface area contributed by atoms with Crippen LogP contribution < -0.4 is 0 Å². The monoisotopic (exact) mass is 706 g/mol. The van der Waals surface area contributed by atoms with Gasteiger partial charge in [-0.2, -0.15) is 0 Å². The number of pyridine rings is 2. The van der Waals surface area contributed by atoms with Crippen molar-refractivity contribution in [2.24, 2.45) is 0 Å². The van der Waals surface area contributed by atoms with Gasteiger partial charge in [0.15, 0.2) is 0 Å². The summed E-state index contributed by atoms with van der Waals surface area (Å²) < 4.78 is 0. The van der Waals surface area contributed by atoms with Gasteiger partial charge in [0.2, 0.25) is 0 Å². The molecule has 0 atom stereocenters. The smallest absolute Gasteiger partial charge is 0.0787 e. The Morgan fingerprint density at radius 2 is 0.875 bits per heavy atom. The fourth-order valence-corrected chi connectivity index (χ4v) is 10.3. The van der Waals surface area contributed by atoms with Gasteiger partial charge in [-0.3, -0.25) is 9.97 Å². The van der Waals surface area contributed by atoms with Gasteiger partial charge >= 0.3 is 0 Å². The van der Waals surface area contributed by atoms with E-state index in [0.717, 1.165) is 5.69 Å². The van der Waals surface area contributed by atoms with Crippen LogP contribution in [-0.4, -0.2) is 9.97 Å². The minimum absolute atomic E-state index is 1.08. The van der Waals surface area contributed by atoms with E-state index >= 15 is 0 Å². The zero-order chi connectivity index (χ0) is 36.5. The van der Waals surface area contributed by atoms with Crippen LogP contribution in [0.1, 0.15) is 0 Å². The summed E-state index contributed by atoms with van der Waals surface area (Å²) in [7, 11) is 0. The van der Waals surface area contributed by atoms with E-state index in [4.69, 9.17) is 9.97 Å². The third-order valence-electron chi connectivity index (χ3n) is 12.5. The fraction of sp³-hybridized carbons (Fsp3) is 0. The molecular weight excluding hydrogens is 677 g/mol. The largest absolute Gasteiger partial charge is 0.264 e. The summed E-state index contributed by atoms with van der Waals surface area (Å²) >= 11 is 0. The summed E-state index contributed by atoms with van der Waals surface area (Å²) in [5.74, 6) is 0. The molecule has 0 radical (unpaired) electrons. The molecule has 2 heterocycles. The van der Waals surface area contributed by atoms with E-state index in [1.807, 2.05) is 12.4 Å². The maximum absolute atomic E-state index is 4.89. The van der Waals surface area contributed by atoms with Crippen LogP contribution in [0.25, 0.3) is 132 Å². The Kier molecular flexibility index (Phi) is 5.92. The summed E-state index contributed by atoms with van der Waals surface area (Å²) in [6, 6.07) is 60.5. The number of rotatable bonds is 3. The average Bonchev–Trinajstić information content (AvgIpc) is 3.77. The molecule has 2 nitrogen and oxygen atoms in total.